The first-order valence-electron chi connectivity index (χ1n) is 10.5. The molecule has 0 saturated carbocycles. The number of rotatable bonds is 6. The molecule has 1 saturated heterocycles. The summed E-state index contributed by atoms with van der Waals surface area (Å²) in [6.07, 6.45) is 5.03. The highest BCUT2D eigenvalue weighted by molar-refractivity contribution is 6.35. The highest BCUT2D eigenvalue weighted by atomic mass is 16.6. The number of carbonyl (C=O) groups excluding carboxylic acids is 2. The molecule has 0 unspecified atom stereocenters. The number of amides is 2. The summed E-state index contributed by atoms with van der Waals surface area (Å²) in [5, 5.41) is 11.1. The van der Waals surface area contributed by atoms with Gasteiger partial charge in [-0.15, -0.1) is 0 Å². The molecule has 2 aromatic rings. The Kier molecular flexibility index (Phi) is 6.00. The molecular weight excluding hydrogens is 410 g/mol. The van der Waals surface area contributed by atoms with Gasteiger partial charge in [0, 0.05) is 37.6 Å². The fourth-order valence-corrected chi connectivity index (χ4v) is 4.28. The minimum Gasteiger partial charge on any atom is -0.366 e. The second-order valence-electron chi connectivity index (χ2n) is 8.23. The van der Waals surface area contributed by atoms with Crippen molar-refractivity contribution >= 4 is 23.1 Å². The normalized spacial score (nSPS) is 17.9. The van der Waals surface area contributed by atoms with Gasteiger partial charge in [-0.3, -0.25) is 29.6 Å². The van der Waals surface area contributed by atoms with Crippen LogP contribution in [0.2, 0.25) is 0 Å². The van der Waals surface area contributed by atoms with Gasteiger partial charge in [0.15, 0.2) is 0 Å². The molecule has 0 bridgehead atoms. The highest BCUT2D eigenvalue weighted by Gasteiger charge is 2.42. The summed E-state index contributed by atoms with van der Waals surface area (Å²) in [5.74, 6) is -0.754. The Morgan fingerprint density at radius 3 is 2.41 bits per heavy atom. The van der Waals surface area contributed by atoms with Gasteiger partial charge >= 0.3 is 0 Å². The van der Waals surface area contributed by atoms with Crippen molar-refractivity contribution in [3.8, 4) is 0 Å². The Labute approximate surface area is 186 Å². The number of carbonyl (C=O) groups is 2. The number of likely N-dealkylation sites (tertiary alicyclic amines) is 1. The first-order valence-corrected chi connectivity index (χ1v) is 10.5. The van der Waals surface area contributed by atoms with Crippen LogP contribution in [-0.4, -0.2) is 69.6 Å². The molecule has 0 N–H and O–H groups in total. The van der Waals surface area contributed by atoms with Gasteiger partial charge in [-0.25, -0.2) is 0 Å². The Morgan fingerprint density at radius 2 is 1.81 bits per heavy atom. The minimum atomic E-state index is -0.486. The van der Waals surface area contributed by atoms with Crippen LogP contribution in [0, 0.1) is 10.1 Å². The average molecular weight is 435 g/mol. The molecule has 4 rings (SSSR count). The second kappa shape index (κ2) is 8.88. The fraction of sp³-hybridized carbons (Fsp3) is 0.348. The predicted molar refractivity (Wildman–Crippen MR) is 118 cm³/mol. The maximum Gasteiger partial charge on any atom is 0.278 e. The number of nitro groups is 1. The van der Waals surface area contributed by atoms with Gasteiger partial charge in [-0.1, -0.05) is 6.07 Å². The average Bonchev–Trinajstić information content (AvgIpc) is 3.04. The van der Waals surface area contributed by atoms with Gasteiger partial charge in [-0.05, 0) is 62.3 Å². The van der Waals surface area contributed by atoms with Crippen LogP contribution < -0.4 is 0 Å². The third-order valence-electron chi connectivity index (χ3n) is 6.16. The Bertz CT molecular complexity index is 1060. The molecule has 0 atom stereocenters. The first-order chi connectivity index (χ1) is 15.4. The summed E-state index contributed by atoms with van der Waals surface area (Å²) < 4.78 is 0. The largest absolute Gasteiger partial charge is 0.366 e. The summed E-state index contributed by atoms with van der Waals surface area (Å²) >= 11 is 0. The molecule has 9 heteroatoms. The number of hydrogen-bond acceptors (Lipinski definition) is 7. The van der Waals surface area contributed by atoms with Crippen molar-refractivity contribution in [1.82, 2.24) is 19.7 Å². The van der Waals surface area contributed by atoms with Crippen LogP contribution >= 0.6 is 0 Å². The van der Waals surface area contributed by atoms with E-state index in [1.54, 1.807) is 18.5 Å². The van der Waals surface area contributed by atoms with Crippen LogP contribution in [-0.2, 0) is 16.1 Å². The smallest absolute Gasteiger partial charge is 0.278 e. The lowest BCUT2D eigenvalue weighted by atomic mass is 10.00. The number of nitrogens with zero attached hydrogens (tertiary/aromatic N) is 5. The number of nitro benzene ring substituents is 1. The lowest BCUT2D eigenvalue weighted by Crippen LogP contribution is -2.43. The molecule has 2 aliphatic heterocycles. The highest BCUT2D eigenvalue weighted by Crippen LogP contribution is 2.34. The third kappa shape index (κ3) is 4.11. The number of piperidine rings is 1. The molecule has 0 aliphatic carbocycles. The molecule has 2 aliphatic rings. The van der Waals surface area contributed by atoms with Gasteiger partial charge in [-0.2, -0.15) is 0 Å². The zero-order chi connectivity index (χ0) is 22.8. The molecule has 166 valence electrons. The zero-order valence-corrected chi connectivity index (χ0v) is 18.1. The Balaban J connectivity index is 1.72. The van der Waals surface area contributed by atoms with E-state index in [0.29, 0.717) is 11.3 Å². The number of non-ortho nitro benzene ring substituents is 1. The minimum absolute atomic E-state index is 0.0661. The van der Waals surface area contributed by atoms with Crippen LogP contribution in [0.25, 0.3) is 5.57 Å². The second-order valence-corrected chi connectivity index (χ2v) is 8.23. The predicted octanol–water partition coefficient (Wildman–Crippen LogP) is 2.30. The van der Waals surface area contributed by atoms with Crippen LogP contribution in [0.4, 0.5) is 5.69 Å². The van der Waals surface area contributed by atoms with E-state index in [1.165, 1.54) is 29.2 Å². The van der Waals surface area contributed by atoms with E-state index in [9.17, 15) is 19.7 Å². The van der Waals surface area contributed by atoms with E-state index in [4.69, 9.17) is 0 Å². The van der Waals surface area contributed by atoms with Gasteiger partial charge in [0.1, 0.15) is 5.70 Å². The van der Waals surface area contributed by atoms with Crippen molar-refractivity contribution in [2.75, 3.05) is 27.2 Å². The van der Waals surface area contributed by atoms with E-state index >= 15 is 0 Å². The van der Waals surface area contributed by atoms with Crippen molar-refractivity contribution in [1.29, 1.82) is 0 Å². The maximum atomic E-state index is 13.5. The Hall–Kier alpha value is -3.59. The van der Waals surface area contributed by atoms with E-state index in [1.807, 2.05) is 18.0 Å². The van der Waals surface area contributed by atoms with E-state index in [2.05, 4.69) is 16.9 Å². The van der Waals surface area contributed by atoms with Crippen LogP contribution in [0.1, 0.15) is 24.0 Å². The third-order valence-corrected chi connectivity index (χ3v) is 6.16. The zero-order valence-electron chi connectivity index (χ0n) is 18.1. The lowest BCUT2D eigenvalue weighted by molar-refractivity contribution is -0.384. The molecular formula is C23H25N5O4. The van der Waals surface area contributed by atoms with Gasteiger partial charge < -0.3 is 9.80 Å². The van der Waals surface area contributed by atoms with Crippen LogP contribution in [0.5, 0.6) is 0 Å². The van der Waals surface area contributed by atoms with E-state index < -0.39 is 10.8 Å². The number of imide groups is 1. The lowest BCUT2D eigenvalue weighted by Gasteiger charge is -2.36. The SMILES string of the molecule is CN1CCC(N(C)C2=C(c3ccc([N+](=O)[O-])cc3)C(=O)N(Cc3cccnc3)C2=O)CC1. The maximum absolute atomic E-state index is 13.5. The van der Waals surface area contributed by atoms with Crippen molar-refractivity contribution in [2.45, 2.75) is 25.4 Å². The van der Waals surface area contributed by atoms with Crippen molar-refractivity contribution in [3.05, 3.63) is 75.7 Å². The summed E-state index contributed by atoms with van der Waals surface area (Å²) in [6, 6.07) is 9.50. The summed E-state index contributed by atoms with van der Waals surface area (Å²) in [4.78, 5) is 47.0. The number of pyridine rings is 1. The molecule has 9 nitrogen and oxygen atoms in total. The molecule has 0 spiro atoms. The quantitative estimate of drug-likeness (QED) is 0.390. The van der Waals surface area contributed by atoms with E-state index in [-0.39, 0.29) is 29.8 Å². The fourth-order valence-electron chi connectivity index (χ4n) is 4.28. The van der Waals surface area contributed by atoms with Crippen molar-refractivity contribution < 1.29 is 14.5 Å². The molecule has 0 radical (unpaired) electrons. The molecule has 32 heavy (non-hydrogen) atoms. The monoisotopic (exact) mass is 435 g/mol. The number of benzene rings is 1. The number of likely N-dealkylation sites (N-methyl/N-ethyl adjacent to an activating group) is 1. The number of aromatic nitrogens is 1. The topological polar surface area (TPSA) is 99.9 Å². The molecule has 1 aromatic carbocycles. The first kappa shape index (κ1) is 21.6. The summed E-state index contributed by atoms with van der Waals surface area (Å²) in [7, 11) is 3.92. The molecule has 3 heterocycles. The van der Waals surface area contributed by atoms with Gasteiger partial charge in [0.2, 0.25) is 0 Å². The van der Waals surface area contributed by atoms with Gasteiger partial charge in [0.05, 0.1) is 17.0 Å². The Morgan fingerprint density at radius 1 is 1.12 bits per heavy atom. The summed E-state index contributed by atoms with van der Waals surface area (Å²) in [6.45, 7) is 1.94. The molecule has 1 fully saturated rings. The molecule has 1 aromatic heterocycles. The number of hydrogen-bond donors (Lipinski definition) is 0. The van der Waals surface area contributed by atoms with Crippen LogP contribution in [0.3, 0.4) is 0 Å². The van der Waals surface area contributed by atoms with Crippen molar-refractivity contribution in [3.63, 3.8) is 0 Å². The molecule has 2 amide bonds. The van der Waals surface area contributed by atoms with E-state index in [0.717, 1.165) is 31.5 Å². The van der Waals surface area contributed by atoms with Gasteiger partial charge in [0.25, 0.3) is 17.5 Å². The standard InChI is InChI=1S/C23H25N5O4/c1-25-12-9-18(10-13-25)26(2)21-20(17-5-7-19(8-6-17)28(31)32)22(29)27(23(21)30)15-16-4-3-11-24-14-16/h3-8,11,14,18H,9-10,12-13,15H2,1-2H3. The summed E-state index contributed by atoms with van der Waals surface area (Å²) in [5.41, 5.74) is 1.82. The van der Waals surface area contributed by atoms with Crippen LogP contribution in [0.15, 0.2) is 54.5 Å². The van der Waals surface area contributed by atoms with Crippen molar-refractivity contribution in [2.24, 2.45) is 0 Å².